The molecule has 1 aromatic heterocycles. The molecule has 0 unspecified atom stereocenters. The third-order valence-electron chi connectivity index (χ3n) is 4.11. The van der Waals surface area contributed by atoms with Gasteiger partial charge in [0.2, 0.25) is 0 Å². The minimum absolute atomic E-state index is 0.196. The molecule has 2 aromatic carbocycles. The minimum atomic E-state index is -0.284. The van der Waals surface area contributed by atoms with Gasteiger partial charge in [-0.1, -0.05) is 29.8 Å². The Morgan fingerprint density at radius 3 is 2.81 bits per heavy atom. The number of carbonyl (C=O) groups excluding carboxylic acids is 1. The van der Waals surface area contributed by atoms with Crippen LogP contribution < -0.4 is 10.9 Å². The Morgan fingerprint density at radius 2 is 2.04 bits per heavy atom. The normalized spacial score (nSPS) is 10.7. The number of aryl methyl sites for hydroxylation is 1. The van der Waals surface area contributed by atoms with Gasteiger partial charge >= 0.3 is 6.03 Å². The van der Waals surface area contributed by atoms with E-state index < -0.39 is 0 Å². The molecular formula is C19H19ClN4O2. The number of aromatic nitrogens is 2. The predicted octanol–water partition coefficient (Wildman–Crippen LogP) is 3.94. The summed E-state index contributed by atoms with van der Waals surface area (Å²) in [6, 6.07) is 12.1. The molecule has 3 rings (SSSR count). The van der Waals surface area contributed by atoms with E-state index in [1.54, 1.807) is 35.2 Å². The fourth-order valence-corrected chi connectivity index (χ4v) is 2.81. The summed E-state index contributed by atoms with van der Waals surface area (Å²) in [5, 5.41) is 3.93. The zero-order chi connectivity index (χ0) is 18.7. The van der Waals surface area contributed by atoms with E-state index in [-0.39, 0.29) is 18.1 Å². The molecule has 3 aromatic rings. The van der Waals surface area contributed by atoms with E-state index in [0.29, 0.717) is 34.0 Å². The van der Waals surface area contributed by atoms with E-state index in [2.05, 4.69) is 15.3 Å². The van der Waals surface area contributed by atoms with Crippen LogP contribution in [0.1, 0.15) is 18.3 Å². The van der Waals surface area contributed by atoms with Gasteiger partial charge in [0, 0.05) is 17.3 Å². The topological polar surface area (TPSA) is 78.1 Å². The zero-order valence-electron chi connectivity index (χ0n) is 14.5. The van der Waals surface area contributed by atoms with Gasteiger partial charge in [-0.15, -0.1) is 0 Å². The molecule has 0 aliphatic carbocycles. The molecule has 0 spiro atoms. The van der Waals surface area contributed by atoms with Crippen molar-refractivity contribution in [3.63, 3.8) is 0 Å². The second-order valence-corrected chi connectivity index (χ2v) is 6.37. The Labute approximate surface area is 155 Å². The van der Waals surface area contributed by atoms with E-state index in [1.165, 1.54) is 0 Å². The first kappa shape index (κ1) is 17.9. The number of amides is 2. The lowest BCUT2D eigenvalue weighted by Gasteiger charge is -2.21. The summed E-state index contributed by atoms with van der Waals surface area (Å²) in [5.74, 6) is 0.438. The van der Waals surface area contributed by atoms with Gasteiger partial charge in [0.1, 0.15) is 5.82 Å². The second kappa shape index (κ2) is 7.58. The summed E-state index contributed by atoms with van der Waals surface area (Å²) < 4.78 is 0. The Morgan fingerprint density at radius 1 is 1.27 bits per heavy atom. The Hall–Kier alpha value is -2.86. The van der Waals surface area contributed by atoms with Crippen molar-refractivity contribution in [2.75, 3.05) is 11.9 Å². The van der Waals surface area contributed by atoms with Crippen molar-refractivity contribution < 1.29 is 4.79 Å². The van der Waals surface area contributed by atoms with Gasteiger partial charge < -0.3 is 15.2 Å². The molecule has 6 nitrogen and oxygen atoms in total. The molecular weight excluding hydrogens is 352 g/mol. The zero-order valence-corrected chi connectivity index (χ0v) is 15.3. The fourth-order valence-electron chi connectivity index (χ4n) is 2.64. The molecule has 26 heavy (non-hydrogen) atoms. The highest BCUT2D eigenvalue weighted by Gasteiger charge is 2.15. The first-order valence-corrected chi connectivity index (χ1v) is 8.65. The van der Waals surface area contributed by atoms with Crippen molar-refractivity contribution in [3.8, 4) is 0 Å². The maximum atomic E-state index is 12.6. The number of rotatable bonds is 4. The van der Waals surface area contributed by atoms with Crippen LogP contribution in [0.3, 0.4) is 0 Å². The predicted molar refractivity (Wildman–Crippen MR) is 104 cm³/mol. The maximum absolute atomic E-state index is 12.6. The van der Waals surface area contributed by atoms with E-state index in [4.69, 9.17) is 11.6 Å². The lowest BCUT2D eigenvalue weighted by atomic mass is 10.2. The Balaban J connectivity index is 1.82. The summed E-state index contributed by atoms with van der Waals surface area (Å²) in [4.78, 5) is 33.5. The number of hydrogen-bond acceptors (Lipinski definition) is 3. The van der Waals surface area contributed by atoms with Crippen LogP contribution in [0, 0.1) is 6.92 Å². The number of carbonyl (C=O) groups is 1. The summed E-state index contributed by atoms with van der Waals surface area (Å²) in [6.45, 7) is 4.41. The number of anilines is 1. The fraction of sp³-hybridized carbons (Fsp3) is 0.211. The minimum Gasteiger partial charge on any atom is -0.317 e. The first-order valence-electron chi connectivity index (χ1n) is 8.28. The van der Waals surface area contributed by atoms with Gasteiger partial charge in [0.25, 0.3) is 5.56 Å². The van der Waals surface area contributed by atoms with Gasteiger partial charge in [-0.25, -0.2) is 9.78 Å². The molecule has 0 radical (unpaired) electrons. The van der Waals surface area contributed by atoms with Crippen molar-refractivity contribution in [1.29, 1.82) is 0 Å². The molecule has 134 valence electrons. The number of benzene rings is 2. The molecule has 0 aliphatic heterocycles. The molecule has 2 N–H and O–H groups in total. The lowest BCUT2D eigenvalue weighted by molar-refractivity contribution is 0.210. The van der Waals surface area contributed by atoms with Crippen LogP contribution in [-0.4, -0.2) is 27.4 Å². The average Bonchev–Trinajstić information content (AvgIpc) is 2.62. The monoisotopic (exact) mass is 370 g/mol. The number of aromatic amines is 1. The van der Waals surface area contributed by atoms with Gasteiger partial charge in [-0.3, -0.25) is 4.79 Å². The summed E-state index contributed by atoms with van der Waals surface area (Å²) >= 11 is 6.00. The molecule has 2 amide bonds. The van der Waals surface area contributed by atoms with Crippen molar-refractivity contribution >= 4 is 34.2 Å². The number of urea groups is 1. The highest BCUT2D eigenvalue weighted by atomic mass is 35.5. The van der Waals surface area contributed by atoms with Crippen LogP contribution in [-0.2, 0) is 6.54 Å². The van der Waals surface area contributed by atoms with E-state index in [0.717, 1.165) is 5.56 Å². The standard InChI is InChI=1S/C19H19ClN4O2/c1-3-24(19(26)22-16-10-13(20)9-8-12(16)2)11-17-21-15-7-5-4-6-14(15)18(25)23-17/h4-10H,3,11H2,1-2H3,(H,22,26)(H,21,23,25). The third-order valence-corrected chi connectivity index (χ3v) is 4.35. The number of hydrogen-bond donors (Lipinski definition) is 2. The van der Waals surface area contributed by atoms with Crippen molar-refractivity contribution in [1.82, 2.24) is 14.9 Å². The summed E-state index contributed by atoms with van der Waals surface area (Å²) in [5.41, 5.74) is 1.96. The van der Waals surface area contributed by atoms with Crippen LogP contribution >= 0.6 is 11.6 Å². The highest BCUT2D eigenvalue weighted by molar-refractivity contribution is 6.31. The molecule has 0 saturated carbocycles. The van der Waals surface area contributed by atoms with E-state index >= 15 is 0 Å². The first-order chi connectivity index (χ1) is 12.5. The third kappa shape index (κ3) is 3.86. The molecule has 0 fully saturated rings. The molecule has 0 atom stereocenters. The van der Waals surface area contributed by atoms with Gasteiger partial charge in [-0.05, 0) is 43.7 Å². The van der Waals surface area contributed by atoms with Crippen LogP contribution in [0.4, 0.5) is 10.5 Å². The Kier molecular flexibility index (Phi) is 5.23. The van der Waals surface area contributed by atoms with Crippen molar-refractivity contribution in [2.45, 2.75) is 20.4 Å². The maximum Gasteiger partial charge on any atom is 0.322 e. The van der Waals surface area contributed by atoms with Crippen LogP contribution in [0.15, 0.2) is 47.3 Å². The summed E-state index contributed by atoms with van der Waals surface area (Å²) in [6.07, 6.45) is 0. The highest BCUT2D eigenvalue weighted by Crippen LogP contribution is 2.20. The Bertz CT molecular complexity index is 1020. The number of nitrogens with one attached hydrogen (secondary N) is 2. The molecule has 0 saturated heterocycles. The van der Waals surface area contributed by atoms with Crippen LogP contribution in [0.5, 0.6) is 0 Å². The lowest BCUT2D eigenvalue weighted by Crippen LogP contribution is -2.35. The molecule has 7 heteroatoms. The van der Waals surface area contributed by atoms with Crippen molar-refractivity contribution in [3.05, 3.63) is 69.2 Å². The van der Waals surface area contributed by atoms with Crippen molar-refractivity contribution in [2.24, 2.45) is 0 Å². The van der Waals surface area contributed by atoms with Crippen LogP contribution in [0.2, 0.25) is 5.02 Å². The second-order valence-electron chi connectivity index (χ2n) is 5.93. The smallest absolute Gasteiger partial charge is 0.317 e. The van der Waals surface area contributed by atoms with E-state index in [1.807, 2.05) is 26.0 Å². The number of halogens is 1. The number of para-hydroxylation sites is 1. The quantitative estimate of drug-likeness (QED) is 0.730. The van der Waals surface area contributed by atoms with Gasteiger partial charge in [0.05, 0.1) is 17.4 Å². The number of nitrogens with zero attached hydrogens (tertiary/aromatic N) is 2. The SMILES string of the molecule is CCN(Cc1nc2ccccc2c(=O)[nH]1)C(=O)Nc1cc(Cl)ccc1C. The van der Waals surface area contributed by atoms with E-state index in [9.17, 15) is 9.59 Å². The molecule has 0 bridgehead atoms. The number of fused-ring (bicyclic) bond motifs is 1. The largest absolute Gasteiger partial charge is 0.322 e. The van der Waals surface area contributed by atoms with Crippen LogP contribution in [0.25, 0.3) is 10.9 Å². The van der Waals surface area contributed by atoms with Gasteiger partial charge in [0.15, 0.2) is 0 Å². The van der Waals surface area contributed by atoms with Gasteiger partial charge in [-0.2, -0.15) is 0 Å². The summed E-state index contributed by atoms with van der Waals surface area (Å²) in [7, 11) is 0. The number of H-pyrrole nitrogens is 1. The average molecular weight is 371 g/mol. The molecule has 0 aliphatic rings. The molecule has 1 heterocycles.